The molecule has 0 unspecified atom stereocenters. The van der Waals surface area contributed by atoms with E-state index in [1.807, 2.05) is 43.7 Å². The third-order valence-electron chi connectivity index (χ3n) is 7.23. The van der Waals surface area contributed by atoms with Crippen LogP contribution in [0.1, 0.15) is 32.0 Å². The second-order valence-corrected chi connectivity index (χ2v) is 13.1. The summed E-state index contributed by atoms with van der Waals surface area (Å²) in [5.74, 6) is 1.18. The molecule has 3 aromatic rings. The van der Waals surface area contributed by atoms with Gasteiger partial charge in [-0.3, -0.25) is 10.2 Å². The minimum Gasteiger partial charge on any atom is -0.492 e. The van der Waals surface area contributed by atoms with E-state index in [0.717, 1.165) is 53.7 Å². The van der Waals surface area contributed by atoms with Crippen LogP contribution in [-0.4, -0.2) is 91.1 Å². The first-order chi connectivity index (χ1) is 20.9. The van der Waals surface area contributed by atoms with Crippen LogP contribution in [0.5, 0.6) is 5.75 Å². The number of urea groups is 2. The van der Waals surface area contributed by atoms with Gasteiger partial charge in [0.25, 0.3) is 0 Å². The van der Waals surface area contributed by atoms with Crippen LogP contribution in [0.4, 0.5) is 21.1 Å². The van der Waals surface area contributed by atoms with Gasteiger partial charge in [-0.1, -0.05) is 37.3 Å². The van der Waals surface area contributed by atoms with Crippen LogP contribution in [0.25, 0.3) is 5.69 Å². The zero-order valence-electron chi connectivity index (χ0n) is 25.2. The predicted octanol–water partition coefficient (Wildman–Crippen LogP) is 3.14. The summed E-state index contributed by atoms with van der Waals surface area (Å²) < 4.78 is 40.2. The van der Waals surface area contributed by atoms with Gasteiger partial charge in [-0.15, -0.1) is 0 Å². The van der Waals surface area contributed by atoms with E-state index in [9.17, 15) is 18.0 Å². The number of morpholine rings is 1. The summed E-state index contributed by atoms with van der Waals surface area (Å²) in [5.41, 5.74) is 2.40. The van der Waals surface area contributed by atoms with Crippen molar-refractivity contribution in [2.75, 3.05) is 57.1 Å². The number of amides is 4. The summed E-state index contributed by atoms with van der Waals surface area (Å²) in [6.07, 6.45) is 0. The van der Waals surface area contributed by atoms with Gasteiger partial charge < -0.3 is 14.8 Å². The highest BCUT2D eigenvalue weighted by Crippen LogP contribution is 2.27. The van der Waals surface area contributed by atoms with Gasteiger partial charge in [0.15, 0.2) is 0 Å². The van der Waals surface area contributed by atoms with Gasteiger partial charge in [0, 0.05) is 43.9 Å². The molecule has 5 rings (SSSR count). The highest BCUT2D eigenvalue weighted by atomic mass is 32.2. The van der Waals surface area contributed by atoms with Crippen molar-refractivity contribution in [2.45, 2.75) is 32.7 Å². The fraction of sp³-hybridized carbons (Fsp3) is 0.414. The number of nitrogens with zero attached hydrogens (tertiary/aromatic N) is 5. The quantitative estimate of drug-likeness (QED) is 0.328. The molecule has 1 aromatic heterocycles. The van der Waals surface area contributed by atoms with E-state index >= 15 is 0 Å². The predicted molar refractivity (Wildman–Crippen MR) is 165 cm³/mol. The monoisotopic (exact) mass is 626 g/mol. The molecule has 14 nitrogen and oxygen atoms in total. The third kappa shape index (κ3) is 7.48. The maximum Gasteiger partial charge on any atom is 0.347 e. The lowest BCUT2D eigenvalue weighted by Gasteiger charge is -2.26. The molecule has 0 aliphatic carbocycles. The Morgan fingerprint density at radius 1 is 1.05 bits per heavy atom. The van der Waals surface area contributed by atoms with Gasteiger partial charge >= 0.3 is 22.3 Å². The van der Waals surface area contributed by atoms with Crippen LogP contribution in [0.2, 0.25) is 0 Å². The van der Waals surface area contributed by atoms with Crippen molar-refractivity contribution in [1.82, 2.24) is 28.8 Å². The molecule has 2 aliphatic heterocycles. The Kier molecular flexibility index (Phi) is 9.10. The number of aromatic nitrogens is 2. The van der Waals surface area contributed by atoms with Crippen LogP contribution in [0, 0.1) is 0 Å². The molecule has 2 aliphatic rings. The second-order valence-electron chi connectivity index (χ2n) is 11.6. The molecular formula is C29H38N8O6S. The maximum atomic E-state index is 13.0. The van der Waals surface area contributed by atoms with Crippen LogP contribution in [0.15, 0.2) is 54.6 Å². The molecule has 15 heteroatoms. The molecule has 0 spiro atoms. The molecule has 236 valence electrons. The van der Waals surface area contributed by atoms with Gasteiger partial charge in [0.2, 0.25) is 0 Å². The molecule has 3 heterocycles. The molecule has 4 amide bonds. The highest BCUT2D eigenvalue weighted by Gasteiger charge is 2.38. The zero-order valence-corrected chi connectivity index (χ0v) is 26.1. The molecule has 44 heavy (non-hydrogen) atoms. The minimum atomic E-state index is -3.94. The molecule has 0 radical (unpaired) electrons. The Morgan fingerprint density at radius 3 is 2.34 bits per heavy atom. The van der Waals surface area contributed by atoms with Crippen LogP contribution in [0.3, 0.4) is 0 Å². The van der Waals surface area contributed by atoms with Crippen molar-refractivity contribution >= 4 is 33.8 Å². The number of carbonyl (C=O) groups excluding carboxylic acids is 2. The molecule has 2 aromatic carbocycles. The lowest BCUT2D eigenvalue weighted by Crippen LogP contribution is -2.38. The molecule has 0 bridgehead atoms. The van der Waals surface area contributed by atoms with Crippen LogP contribution < -0.4 is 20.1 Å². The second kappa shape index (κ2) is 12.8. The largest absolute Gasteiger partial charge is 0.492 e. The summed E-state index contributed by atoms with van der Waals surface area (Å²) in [6, 6.07) is 14.9. The first-order valence-electron chi connectivity index (χ1n) is 14.3. The van der Waals surface area contributed by atoms with E-state index in [0.29, 0.717) is 29.4 Å². The number of hydrogen-bond acceptors (Lipinski definition) is 8. The average molecular weight is 627 g/mol. The Balaban J connectivity index is 1.23. The van der Waals surface area contributed by atoms with Crippen molar-refractivity contribution in [3.8, 4) is 11.4 Å². The third-order valence-corrected chi connectivity index (χ3v) is 8.59. The van der Waals surface area contributed by atoms with Gasteiger partial charge in [-0.05, 0) is 42.0 Å². The Labute approximate surface area is 257 Å². The summed E-state index contributed by atoms with van der Waals surface area (Å²) >= 11 is 0. The smallest absolute Gasteiger partial charge is 0.347 e. The normalized spacial score (nSPS) is 17.4. The lowest BCUT2D eigenvalue weighted by atomic mass is 9.92. The number of carbonyl (C=O) groups is 2. The van der Waals surface area contributed by atoms with E-state index in [2.05, 4.69) is 15.5 Å². The number of anilines is 2. The number of hydrogen-bond donors (Lipinski definition) is 3. The summed E-state index contributed by atoms with van der Waals surface area (Å²) in [4.78, 5) is 27.1. The fourth-order valence-corrected chi connectivity index (χ4v) is 5.82. The molecule has 2 fully saturated rings. The Bertz CT molecular complexity index is 1580. The summed E-state index contributed by atoms with van der Waals surface area (Å²) in [7, 11) is -2.56. The number of benzene rings is 2. The number of hydrazine groups is 1. The number of rotatable bonds is 9. The summed E-state index contributed by atoms with van der Waals surface area (Å²) in [5, 5.41) is 11.5. The zero-order chi connectivity index (χ0) is 31.5. The van der Waals surface area contributed by atoms with Crippen molar-refractivity contribution < 1.29 is 27.5 Å². The van der Waals surface area contributed by atoms with Gasteiger partial charge in [0.1, 0.15) is 18.2 Å². The van der Waals surface area contributed by atoms with Gasteiger partial charge in [-0.25, -0.2) is 24.0 Å². The maximum absolute atomic E-state index is 13.0. The van der Waals surface area contributed by atoms with Crippen LogP contribution >= 0.6 is 0 Å². The van der Waals surface area contributed by atoms with Crippen molar-refractivity contribution in [3.63, 3.8) is 0 Å². The van der Waals surface area contributed by atoms with Gasteiger partial charge in [0.05, 0.1) is 31.1 Å². The SMILES string of the molecule is CN1C(=O)NS(=O)(=O)N1Cc1ccc(-n2nc(C(C)(C)C)cc2NC(=O)Nc2ccc(OCCN3CCOCC3)cc2)cc1. The number of nitrogens with one attached hydrogen (secondary N) is 3. The van der Waals surface area contributed by atoms with E-state index < -0.39 is 22.3 Å². The lowest BCUT2D eigenvalue weighted by molar-refractivity contribution is 0.0322. The van der Waals surface area contributed by atoms with Crippen molar-refractivity contribution in [3.05, 3.63) is 65.9 Å². The van der Waals surface area contributed by atoms with Crippen LogP contribution in [-0.2, 0) is 26.9 Å². The van der Waals surface area contributed by atoms with E-state index in [1.165, 1.54) is 7.05 Å². The summed E-state index contributed by atoms with van der Waals surface area (Å²) in [6.45, 7) is 10.8. The minimum absolute atomic E-state index is 0.0323. The van der Waals surface area contributed by atoms with Crippen molar-refractivity contribution in [2.24, 2.45) is 0 Å². The first-order valence-corrected chi connectivity index (χ1v) is 15.7. The molecule has 2 saturated heterocycles. The molecule has 0 atom stereocenters. The Hall–Kier alpha value is -4.18. The topological polar surface area (TPSA) is 150 Å². The highest BCUT2D eigenvalue weighted by molar-refractivity contribution is 7.88. The number of ether oxygens (including phenoxy) is 2. The molecule has 0 saturated carbocycles. The van der Waals surface area contributed by atoms with Crippen molar-refractivity contribution in [1.29, 1.82) is 0 Å². The fourth-order valence-electron chi connectivity index (χ4n) is 4.65. The average Bonchev–Trinajstić information content (AvgIpc) is 3.49. The van der Waals surface area contributed by atoms with E-state index in [1.54, 1.807) is 41.1 Å². The first kappa shape index (κ1) is 31.3. The van der Waals surface area contributed by atoms with Gasteiger partial charge in [-0.2, -0.15) is 13.5 Å². The Morgan fingerprint density at radius 2 is 1.73 bits per heavy atom. The van der Waals surface area contributed by atoms with E-state index in [-0.39, 0.29) is 12.0 Å². The molecule has 3 N–H and O–H groups in total. The standard InChI is InChI=1S/C29H38N8O6S/c1-29(2,3)25-19-26(31-27(38)30-22-7-11-24(12-8-22)43-18-15-35-13-16-42-17-14-35)37(32-25)23-9-5-21(6-10-23)20-36-34(4)28(39)33-44(36,40)41/h5-12,19H,13-18,20H2,1-4H3,(H,33,39)(H2,30,31,38). The molecular weight excluding hydrogens is 588 g/mol. The van der Waals surface area contributed by atoms with E-state index in [4.69, 9.17) is 14.6 Å².